The molecule has 316 valence electrons. The number of hydrogen-bond acceptors (Lipinski definition) is 10. The molecule has 3 aromatic rings. The lowest BCUT2D eigenvalue weighted by Gasteiger charge is -2.32. The number of nitrogens with zero attached hydrogens (tertiary/aromatic N) is 2. The quantitative estimate of drug-likeness (QED) is 0.0859. The molecule has 8 bridgehead atoms. The van der Waals surface area contributed by atoms with E-state index in [1.54, 1.807) is 6.08 Å². The number of carbonyl (C=O) groups is 4. The number of nitrogens with one attached hydrogen (secondary N) is 2. The lowest BCUT2D eigenvalue weighted by Crippen LogP contribution is -2.34. The first-order valence-electron chi connectivity index (χ1n) is 20.8. The summed E-state index contributed by atoms with van der Waals surface area (Å²) in [5.74, 6) is -1.82. The van der Waals surface area contributed by atoms with E-state index in [4.69, 9.17) is 28.9 Å². The molecule has 0 radical (unpaired) electrons. The van der Waals surface area contributed by atoms with Crippen molar-refractivity contribution in [2.75, 3.05) is 27.4 Å². The number of aromatic nitrogens is 4. The van der Waals surface area contributed by atoms with Crippen LogP contribution in [-0.2, 0) is 50.0 Å². The molecule has 60 heavy (non-hydrogen) atoms. The van der Waals surface area contributed by atoms with Gasteiger partial charge in [0, 0.05) is 40.5 Å². The van der Waals surface area contributed by atoms with Gasteiger partial charge < -0.3 is 28.9 Å². The average Bonchev–Trinajstić information content (AvgIpc) is 3.89. The second-order valence-electron chi connectivity index (χ2n) is 15.6. The maximum Gasteiger partial charge on any atom is 0.335 e. The monoisotopic (exact) mass is 816 g/mol. The zero-order valence-corrected chi connectivity index (χ0v) is 36.1. The Balaban J connectivity index is 1.66. The molecule has 3 aromatic heterocycles. The highest BCUT2D eigenvalue weighted by Crippen LogP contribution is 2.52. The Labute approximate surface area is 351 Å². The fourth-order valence-corrected chi connectivity index (χ4v) is 8.35. The predicted octanol–water partition coefficient (Wildman–Crippen LogP) is 9.29. The third kappa shape index (κ3) is 8.37. The molecule has 6 rings (SSSR count). The van der Waals surface area contributed by atoms with E-state index in [0.29, 0.717) is 59.9 Å². The number of unbranched alkanes of at least 4 members (excludes halogenated alkanes) is 2. The topological polar surface area (TPSA) is 163 Å². The minimum absolute atomic E-state index is 0.127. The molecule has 0 fully saturated rings. The number of allylic oxidation sites excluding steroid dienone is 4. The minimum Gasteiger partial charge on any atom is -0.466 e. The van der Waals surface area contributed by atoms with Gasteiger partial charge in [0.15, 0.2) is 0 Å². The molecule has 12 heteroatoms. The van der Waals surface area contributed by atoms with Crippen molar-refractivity contribution >= 4 is 68.7 Å². The molecule has 3 aliphatic rings. The summed E-state index contributed by atoms with van der Waals surface area (Å²) in [5.41, 5.74) is 10.8. The van der Waals surface area contributed by atoms with Gasteiger partial charge in [0.05, 0.1) is 66.8 Å². The summed E-state index contributed by atoms with van der Waals surface area (Å²) in [7, 11) is 2.58. The molecular formula is C48H56N4O8. The molecule has 0 amide bonds. The van der Waals surface area contributed by atoms with Gasteiger partial charge in [-0.1, -0.05) is 45.4 Å². The Hall–Kier alpha value is -6.04. The van der Waals surface area contributed by atoms with Crippen molar-refractivity contribution < 1.29 is 38.1 Å². The number of esters is 4. The van der Waals surface area contributed by atoms with E-state index in [9.17, 15) is 19.2 Å². The molecule has 0 aromatic carbocycles. The van der Waals surface area contributed by atoms with Crippen molar-refractivity contribution in [1.29, 1.82) is 0 Å². The van der Waals surface area contributed by atoms with E-state index in [1.165, 1.54) is 14.2 Å². The van der Waals surface area contributed by atoms with E-state index >= 15 is 0 Å². The Morgan fingerprint density at radius 2 is 1.40 bits per heavy atom. The van der Waals surface area contributed by atoms with E-state index < -0.39 is 17.4 Å². The number of rotatable bonds is 15. The highest BCUT2D eigenvalue weighted by atomic mass is 16.5. The van der Waals surface area contributed by atoms with Crippen LogP contribution in [0.2, 0.25) is 0 Å². The molecule has 2 N–H and O–H groups in total. The maximum atomic E-state index is 13.8. The first-order valence-corrected chi connectivity index (χ1v) is 20.8. The molecule has 1 atom stereocenters. The molecule has 2 aliphatic heterocycles. The third-order valence-electron chi connectivity index (χ3n) is 11.9. The smallest absolute Gasteiger partial charge is 0.335 e. The van der Waals surface area contributed by atoms with Crippen molar-refractivity contribution in [3.05, 3.63) is 93.1 Å². The molecule has 1 unspecified atom stereocenters. The van der Waals surface area contributed by atoms with Crippen molar-refractivity contribution in [1.82, 2.24) is 19.9 Å². The second kappa shape index (κ2) is 18.5. The Kier molecular flexibility index (Phi) is 13.4. The van der Waals surface area contributed by atoms with Gasteiger partial charge in [0.2, 0.25) is 0 Å². The molecular weight excluding hydrogens is 761 g/mol. The number of aromatic amines is 2. The largest absolute Gasteiger partial charge is 0.466 e. The second-order valence-corrected chi connectivity index (χ2v) is 15.6. The molecule has 0 saturated carbocycles. The lowest BCUT2D eigenvalue weighted by atomic mass is 9.68. The van der Waals surface area contributed by atoms with Gasteiger partial charge in [0.1, 0.15) is 0 Å². The van der Waals surface area contributed by atoms with E-state index in [2.05, 4.69) is 23.5 Å². The average molecular weight is 817 g/mol. The predicted molar refractivity (Wildman–Crippen MR) is 233 cm³/mol. The molecule has 0 spiro atoms. The normalized spacial score (nSPS) is 16.0. The number of carbonyl (C=O) groups excluding carboxylic acids is 4. The van der Waals surface area contributed by atoms with E-state index in [-0.39, 0.29) is 42.3 Å². The number of fused-ring (bicyclic) bond motifs is 11. The summed E-state index contributed by atoms with van der Waals surface area (Å²) < 4.78 is 21.6. The van der Waals surface area contributed by atoms with Gasteiger partial charge >= 0.3 is 23.9 Å². The van der Waals surface area contributed by atoms with Crippen LogP contribution in [0.5, 0.6) is 0 Å². The number of methoxy groups -OCH3 is 2. The van der Waals surface area contributed by atoms with Crippen LogP contribution in [0.4, 0.5) is 0 Å². The van der Waals surface area contributed by atoms with Crippen LogP contribution >= 0.6 is 0 Å². The number of ether oxygens (including phenoxy) is 4. The first kappa shape index (κ1) is 43.5. The van der Waals surface area contributed by atoms with Crippen molar-refractivity contribution in [2.45, 2.75) is 105 Å². The zero-order chi connectivity index (χ0) is 43.3. The summed E-state index contributed by atoms with van der Waals surface area (Å²) in [4.78, 5) is 70.5. The van der Waals surface area contributed by atoms with Gasteiger partial charge in [-0.15, -0.1) is 0 Å². The fraction of sp³-hybridized carbons (Fsp3) is 0.417. The van der Waals surface area contributed by atoms with Crippen LogP contribution in [0.3, 0.4) is 0 Å². The van der Waals surface area contributed by atoms with Gasteiger partial charge in [-0.25, -0.2) is 14.6 Å². The molecule has 12 nitrogen and oxygen atoms in total. The van der Waals surface area contributed by atoms with Crippen LogP contribution in [0.15, 0.2) is 48.1 Å². The fourth-order valence-electron chi connectivity index (χ4n) is 8.35. The van der Waals surface area contributed by atoms with Crippen molar-refractivity contribution in [3.8, 4) is 0 Å². The number of H-pyrrole nitrogens is 2. The van der Waals surface area contributed by atoms with E-state index in [1.807, 2.05) is 65.0 Å². The van der Waals surface area contributed by atoms with Crippen LogP contribution in [0, 0.1) is 13.8 Å². The van der Waals surface area contributed by atoms with Crippen LogP contribution in [0.25, 0.3) is 44.9 Å². The third-order valence-corrected chi connectivity index (χ3v) is 11.9. The summed E-state index contributed by atoms with van der Waals surface area (Å²) in [6, 6.07) is 7.82. The van der Waals surface area contributed by atoms with Crippen molar-refractivity contribution in [3.63, 3.8) is 0 Å². The summed E-state index contributed by atoms with van der Waals surface area (Å²) in [5, 5.41) is 0. The summed E-state index contributed by atoms with van der Waals surface area (Å²) in [6.45, 7) is 16.9. The Morgan fingerprint density at radius 1 is 0.767 bits per heavy atom. The van der Waals surface area contributed by atoms with E-state index in [0.717, 1.165) is 75.6 Å². The van der Waals surface area contributed by atoms with Gasteiger partial charge in [-0.3, -0.25) is 14.6 Å². The summed E-state index contributed by atoms with van der Waals surface area (Å²) in [6.07, 6.45) is 8.47. The lowest BCUT2D eigenvalue weighted by molar-refractivity contribution is -0.144. The van der Waals surface area contributed by atoms with Gasteiger partial charge in [-0.05, 0) is 117 Å². The van der Waals surface area contributed by atoms with Gasteiger partial charge in [0.25, 0.3) is 0 Å². The standard InChI is InChI=1S/C48H56N4O8/c1-10-13-21-59-43(53)19-16-31-28(5)36-23-35-27(4)30(12-3)40(51-35)26-42-48(7)34(18-15-33(46(55)57-8)45(48)47(56)58-9)41(52-42)24-37-29(6)32(39(50-37)25-38(31)49-36)17-20-44(54)60-22-14-11-2/h12,18,23-26,49,51H,3,10-11,13-17,19-22H2,1-2,4-9H3. The van der Waals surface area contributed by atoms with Crippen LogP contribution in [0.1, 0.15) is 124 Å². The Morgan fingerprint density at radius 3 is 2.03 bits per heavy atom. The van der Waals surface area contributed by atoms with Crippen molar-refractivity contribution in [2.24, 2.45) is 0 Å². The zero-order valence-electron chi connectivity index (χ0n) is 36.1. The summed E-state index contributed by atoms with van der Waals surface area (Å²) >= 11 is 0. The maximum absolute atomic E-state index is 13.8. The Bertz CT molecular complexity index is 2520. The number of aryl methyl sites for hydroxylation is 3. The number of hydrogen-bond donors (Lipinski definition) is 2. The molecule has 1 aliphatic carbocycles. The highest BCUT2D eigenvalue weighted by Gasteiger charge is 2.49. The van der Waals surface area contributed by atoms with Crippen LogP contribution < -0.4 is 0 Å². The minimum atomic E-state index is -1.21. The van der Waals surface area contributed by atoms with Gasteiger partial charge in [-0.2, -0.15) is 0 Å². The molecule has 0 saturated heterocycles. The first-order chi connectivity index (χ1) is 28.8. The van der Waals surface area contributed by atoms with Crippen LogP contribution in [-0.4, -0.2) is 71.2 Å². The molecule has 5 heterocycles. The highest BCUT2D eigenvalue weighted by molar-refractivity contribution is 6.08. The SMILES string of the molecule is C=Cc1c(C)c2cc3[nH]c(cc4nc(cc5nc(cc1[nH]2)C1(C)C5=CCC(C(=O)OC)=C1C(=O)OC)C(C)=C4CCC(=O)OCCCC)c(CCC(=O)OCCCC)c3C.